The van der Waals surface area contributed by atoms with Crippen LogP contribution in [-0.2, 0) is 0 Å². The maximum absolute atomic E-state index is 9.64. The number of hydrogen-bond donors (Lipinski definition) is 5. The summed E-state index contributed by atoms with van der Waals surface area (Å²) in [5, 5.41) is 16.0. The van der Waals surface area contributed by atoms with Crippen molar-refractivity contribution < 1.29 is 5.11 Å². The van der Waals surface area contributed by atoms with Crippen LogP contribution in [0.3, 0.4) is 0 Å². The number of anilines is 4. The van der Waals surface area contributed by atoms with E-state index in [0.29, 0.717) is 24.1 Å². The van der Waals surface area contributed by atoms with Gasteiger partial charge in [-0.05, 0) is 24.6 Å². The Morgan fingerprint density at radius 1 is 0.962 bits per heavy atom. The quantitative estimate of drug-likeness (QED) is 0.329. The molecule has 0 saturated heterocycles. The zero-order valence-corrected chi connectivity index (χ0v) is 14.5. The number of hydrazine groups is 1. The van der Waals surface area contributed by atoms with Crippen molar-refractivity contribution >= 4 is 23.3 Å². The van der Waals surface area contributed by atoms with Crippen LogP contribution in [-0.4, -0.2) is 27.7 Å². The molecule has 0 radical (unpaired) electrons. The third-order valence-corrected chi connectivity index (χ3v) is 3.70. The standard InChI is InChI=1S/C19H22N6O/c1-13(26)12-21-17-16(14-8-4-2-5-9-14)18(25-20)24-19(23-17)22-15-10-6-3-7-11-15/h2-11,13,26H,12,20H2,1H3,(H3,21,22,23,24,25). The molecule has 1 atom stereocenters. The summed E-state index contributed by atoms with van der Waals surface area (Å²) in [5.74, 6) is 7.20. The van der Waals surface area contributed by atoms with Gasteiger partial charge < -0.3 is 21.2 Å². The Morgan fingerprint density at radius 3 is 2.19 bits per heavy atom. The monoisotopic (exact) mass is 350 g/mol. The Kier molecular flexibility index (Phi) is 5.62. The van der Waals surface area contributed by atoms with Crippen LogP contribution in [0.5, 0.6) is 0 Å². The first-order valence-corrected chi connectivity index (χ1v) is 8.35. The molecule has 0 aliphatic rings. The van der Waals surface area contributed by atoms with E-state index in [-0.39, 0.29) is 0 Å². The van der Waals surface area contributed by atoms with Crippen molar-refractivity contribution in [3.05, 3.63) is 60.7 Å². The minimum Gasteiger partial charge on any atom is -0.392 e. The molecule has 0 fully saturated rings. The average molecular weight is 350 g/mol. The van der Waals surface area contributed by atoms with Crippen molar-refractivity contribution in [3.8, 4) is 11.1 Å². The van der Waals surface area contributed by atoms with E-state index in [1.807, 2.05) is 60.7 Å². The van der Waals surface area contributed by atoms with Gasteiger partial charge in [-0.3, -0.25) is 0 Å². The summed E-state index contributed by atoms with van der Waals surface area (Å²) in [7, 11) is 0. The van der Waals surface area contributed by atoms with E-state index in [1.54, 1.807) is 6.92 Å². The zero-order chi connectivity index (χ0) is 18.4. The number of aliphatic hydroxyl groups excluding tert-OH is 1. The molecule has 3 aromatic rings. The number of para-hydroxylation sites is 1. The van der Waals surface area contributed by atoms with Gasteiger partial charge in [-0.2, -0.15) is 9.97 Å². The van der Waals surface area contributed by atoms with Crippen molar-refractivity contribution in [2.24, 2.45) is 5.84 Å². The lowest BCUT2D eigenvalue weighted by molar-refractivity contribution is 0.208. The fourth-order valence-electron chi connectivity index (χ4n) is 2.52. The van der Waals surface area contributed by atoms with Crippen molar-refractivity contribution in [3.63, 3.8) is 0 Å². The van der Waals surface area contributed by atoms with Gasteiger partial charge in [-0.15, -0.1) is 0 Å². The fourth-order valence-corrected chi connectivity index (χ4v) is 2.52. The van der Waals surface area contributed by atoms with Gasteiger partial charge in [0.05, 0.1) is 11.7 Å². The van der Waals surface area contributed by atoms with Crippen LogP contribution < -0.4 is 21.9 Å². The molecule has 0 spiro atoms. The van der Waals surface area contributed by atoms with Crippen molar-refractivity contribution in [2.45, 2.75) is 13.0 Å². The SMILES string of the molecule is CC(O)CNc1nc(Nc2ccccc2)nc(NN)c1-c1ccccc1. The molecule has 134 valence electrons. The second-order valence-corrected chi connectivity index (χ2v) is 5.85. The molecular weight excluding hydrogens is 328 g/mol. The zero-order valence-electron chi connectivity index (χ0n) is 14.5. The van der Waals surface area contributed by atoms with Crippen LogP contribution in [0, 0.1) is 0 Å². The molecule has 26 heavy (non-hydrogen) atoms. The number of nitrogen functional groups attached to an aromatic ring is 1. The second-order valence-electron chi connectivity index (χ2n) is 5.85. The number of aliphatic hydroxyl groups is 1. The average Bonchev–Trinajstić information content (AvgIpc) is 2.67. The van der Waals surface area contributed by atoms with Crippen LogP contribution in [0.15, 0.2) is 60.7 Å². The summed E-state index contributed by atoms with van der Waals surface area (Å²) in [4.78, 5) is 9.07. The van der Waals surface area contributed by atoms with Gasteiger partial charge in [0.25, 0.3) is 0 Å². The molecule has 0 saturated carbocycles. The Hall–Kier alpha value is -3.16. The van der Waals surface area contributed by atoms with E-state index in [4.69, 9.17) is 5.84 Å². The van der Waals surface area contributed by atoms with Crippen LogP contribution >= 0.6 is 0 Å². The number of nitrogens with zero attached hydrogens (tertiary/aromatic N) is 2. The molecule has 0 amide bonds. The Labute approximate surface area is 152 Å². The number of rotatable bonds is 7. The van der Waals surface area contributed by atoms with Gasteiger partial charge in [0.15, 0.2) is 5.82 Å². The summed E-state index contributed by atoms with van der Waals surface area (Å²) in [6.07, 6.45) is -0.520. The first-order chi connectivity index (χ1) is 12.7. The van der Waals surface area contributed by atoms with Crippen molar-refractivity contribution in [1.82, 2.24) is 9.97 Å². The first-order valence-electron chi connectivity index (χ1n) is 8.35. The normalized spacial score (nSPS) is 11.7. The fraction of sp³-hybridized carbons (Fsp3) is 0.158. The van der Waals surface area contributed by atoms with Crippen LogP contribution in [0.4, 0.5) is 23.3 Å². The van der Waals surface area contributed by atoms with E-state index in [0.717, 1.165) is 16.8 Å². The highest BCUT2D eigenvalue weighted by atomic mass is 16.3. The Bertz CT molecular complexity index is 839. The Balaban J connectivity index is 2.04. The summed E-state index contributed by atoms with van der Waals surface area (Å²) < 4.78 is 0. The molecule has 2 aromatic carbocycles. The predicted molar refractivity (Wildman–Crippen MR) is 105 cm³/mol. The van der Waals surface area contributed by atoms with Gasteiger partial charge in [0.2, 0.25) is 5.95 Å². The highest BCUT2D eigenvalue weighted by Crippen LogP contribution is 2.34. The molecule has 1 unspecified atom stereocenters. The van der Waals surface area contributed by atoms with Gasteiger partial charge >= 0.3 is 0 Å². The molecule has 7 heteroatoms. The molecule has 7 nitrogen and oxygen atoms in total. The molecule has 0 aliphatic carbocycles. The smallest absolute Gasteiger partial charge is 0.231 e. The van der Waals surface area contributed by atoms with Gasteiger partial charge in [-0.25, -0.2) is 5.84 Å². The third-order valence-electron chi connectivity index (χ3n) is 3.70. The topological polar surface area (TPSA) is 108 Å². The van der Waals surface area contributed by atoms with E-state index in [2.05, 4.69) is 26.0 Å². The number of nitrogens with one attached hydrogen (secondary N) is 3. The summed E-state index contributed by atoms with van der Waals surface area (Å²) in [6.45, 7) is 2.06. The van der Waals surface area contributed by atoms with E-state index in [9.17, 15) is 5.11 Å². The predicted octanol–water partition coefficient (Wildman–Crippen LogP) is 2.97. The highest BCUT2D eigenvalue weighted by Gasteiger charge is 2.16. The van der Waals surface area contributed by atoms with Gasteiger partial charge in [0.1, 0.15) is 5.82 Å². The maximum Gasteiger partial charge on any atom is 0.231 e. The van der Waals surface area contributed by atoms with Gasteiger partial charge in [0, 0.05) is 12.2 Å². The van der Waals surface area contributed by atoms with Crippen molar-refractivity contribution in [1.29, 1.82) is 0 Å². The minimum atomic E-state index is -0.520. The molecular formula is C19H22N6O. The lowest BCUT2D eigenvalue weighted by Gasteiger charge is -2.17. The van der Waals surface area contributed by atoms with E-state index >= 15 is 0 Å². The largest absolute Gasteiger partial charge is 0.392 e. The molecule has 1 heterocycles. The minimum absolute atomic E-state index is 0.353. The summed E-state index contributed by atoms with van der Waals surface area (Å²) >= 11 is 0. The number of nitrogens with two attached hydrogens (primary N) is 1. The molecule has 3 rings (SSSR count). The number of benzene rings is 2. The summed E-state index contributed by atoms with van der Waals surface area (Å²) in [6, 6.07) is 19.4. The van der Waals surface area contributed by atoms with Gasteiger partial charge in [-0.1, -0.05) is 48.5 Å². The first kappa shape index (κ1) is 17.7. The summed E-state index contributed by atoms with van der Waals surface area (Å²) in [5.41, 5.74) is 5.18. The maximum atomic E-state index is 9.64. The number of aromatic nitrogens is 2. The lowest BCUT2D eigenvalue weighted by atomic mass is 10.1. The molecule has 0 aliphatic heterocycles. The highest BCUT2D eigenvalue weighted by molar-refractivity contribution is 5.85. The Morgan fingerprint density at radius 2 is 1.58 bits per heavy atom. The molecule has 0 bridgehead atoms. The third kappa shape index (κ3) is 4.27. The van der Waals surface area contributed by atoms with E-state index in [1.165, 1.54) is 0 Å². The van der Waals surface area contributed by atoms with Crippen molar-refractivity contribution in [2.75, 3.05) is 22.6 Å². The lowest BCUT2D eigenvalue weighted by Crippen LogP contribution is -2.19. The molecule has 1 aromatic heterocycles. The molecule has 6 N–H and O–H groups in total. The van der Waals surface area contributed by atoms with Crippen LogP contribution in [0.1, 0.15) is 6.92 Å². The van der Waals surface area contributed by atoms with E-state index < -0.39 is 6.10 Å². The van der Waals surface area contributed by atoms with Crippen LogP contribution in [0.2, 0.25) is 0 Å². The number of hydrogen-bond acceptors (Lipinski definition) is 7. The second kappa shape index (κ2) is 8.28. The van der Waals surface area contributed by atoms with Crippen LogP contribution in [0.25, 0.3) is 11.1 Å².